The maximum atomic E-state index is 5.28. The lowest BCUT2D eigenvalue weighted by molar-refractivity contribution is -0.0945. The molecule has 22 heavy (non-hydrogen) atoms. The summed E-state index contributed by atoms with van der Waals surface area (Å²) in [5, 5.41) is 8.92. The van der Waals surface area contributed by atoms with Gasteiger partial charge in [-0.3, -0.25) is 4.99 Å². The Morgan fingerprint density at radius 1 is 1.45 bits per heavy atom. The molecule has 6 heteroatoms. The summed E-state index contributed by atoms with van der Waals surface area (Å²) in [6.45, 7) is 10.9. The molecule has 0 spiro atoms. The molecule has 1 unspecified atom stereocenters. The lowest BCUT2D eigenvalue weighted by Crippen LogP contribution is -2.45. The van der Waals surface area contributed by atoms with Crippen LogP contribution in [0.3, 0.4) is 0 Å². The van der Waals surface area contributed by atoms with Crippen LogP contribution in [0.5, 0.6) is 0 Å². The third-order valence-electron chi connectivity index (χ3n) is 3.61. The molecule has 0 aromatic carbocycles. The first-order valence-electron chi connectivity index (χ1n) is 7.73. The molecule has 0 aliphatic carbocycles. The molecule has 1 aromatic heterocycles. The van der Waals surface area contributed by atoms with Gasteiger partial charge in [0.05, 0.1) is 19.8 Å². The summed E-state index contributed by atoms with van der Waals surface area (Å²) in [6, 6.07) is 4.32. The number of guanidine groups is 1. The fraction of sp³-hybridized carbons (Fsp3) is 0.688. The fourth-order valence-corrected chi connectivity index (χ4v) is 3.14. The average molecular weight is 437 g/mol. The van der Waals surface area contributed by atoms with E-state index < -0.39 is 0 Å². The Bertz CT molecular complexity index is 446. The van der Waals surface area contributed by atoms with E-state index in [-0.39, 0.29) is 29.4 Å². The van der Waals surface area contributed by atoms with Gasteiger partial charge in [-0.1, -0.05) is 19.9 Å². The van der Waals surface area contributed by atoms with Crippen LogP contribution in [0.2, 0.25) is 0 Å². The Labute approximate surface area is 155 Å². The van der Waals surface area contributed by atoms with E-state index in [0.29, 0.717) is 5.92 Å². The van der Waals surface area contributed by atoms with Crippen molar-refractivity contribution in [2.24, 2.45) is 16.3 Å². The third-order valence-corrected chi connectivity index (χ3v) is 4.51. The average Bonchev–Trinajstić information content (AvgIpc) is 2.92. The largest absolute Gasteiger partial charge is 0.380 e. The maximum Gasteiger partial charge on any atom is 0.191 e. The summed E-state index contributed by atoms with van der Waals surface area (Å²) >= 11 is 1.83. The van der Waals surface area contributed by atoms with Gasteiger partial charge in [-0.2, -0.15) is 0 Å². The summed E-state index contributed by atoms with van der Waals surface area (Å²) in [5.41, 5.74) is 0.227. The van der Waals surface area contributed by atoms with Gasteiger partial charge in [-0.25, -0.2) is 0 Å². The standard InChI is InChI=1S/C16H27N3OS.HI/c1-4-17-15(19-10-16(3)11-20-12-16)18-9-13(2)8-14-6-5-7-21-14;/h5-7,13H,4,8-12H2,1-3H3,(H2,17,18,19);1H. The van der Waals surface area contributed by atoms with Crippen LogP contribution < -0.4 is 10.6 Å². The highest BCUT2D eigenvalue weighted by atomic mass is 127. The van der Waals surface area contributed by atoms with Gasteiger partial charge in [0.15, 0.2) is 5.96 Å². The Morgan fingerprint density at radius 3 is 2.77 bits per heavy atom. The number of aliphatic imine (C=N–C) groups is 1. The first-order chi connectivity index (χ1) is 10.1. The number of hydrogen-bond acceptors (Lipinski definition) is 3. The molecule has 0 saturated carbocycles. The summed E-state index contributed by atoms with van der Waals surface area (Å²) in [6.07, 6.45) is 1.12. The van der Waals surface area contributed by atoms with Crippen molar-refractivity contribution in [2.45, 2.75) is 27.2 Å². The molecular weight excluding hydrogens is 409 g/mol. The zero-order valence-electron chi connectivity index (χ0n) is 13.7. The minimum absolute atomic E-state index is 0. The van der Waals surface area contributed by atoms with Gasteiger partial charge in [-0.05, 0) is 30.7 Å². The van der Waals surface area contributed by atoms with Crippen LogP contribution in [0.25, 0.3) is 0 Å². The number of nitrogens with zero attached hydrogens (tertiary/aromatic N) is 1. The van der Waals surface area contributed by atoms with E-state index >= 15 is 0 Å². The van der Waals surface area contributed by atoms with Crippen LogP contribution in [-0.2, 0) is 11.2 Å². The molecule has 0 amide bonds. The van der Waals surface area contributed by atoms with Gasteiger partial charge in [-0.15, -0.1) is 35.3 Å². The van der Waals surface area contributed by atoms with Crippen LogP contribution in [0.1, 0.15) is 25.6 Å². The molecule has 4 nitrogen and oxygen atoms in total. The van der Waals surface area contributed by atoms with E-state index in [2.05, 4.69) is 48.9 Å². The molecule has 2 heterocycles. The zero-order valence-corrected chi connectivity index (χ0v) is 16.9. The predicted molar refractivity (Wildman–Crippen MR) is 106 cm³/mol. The fourth-order valence-electron chi connectivity index (χ4n) is 2.27. The topological polar surface area (TPSA) is 45.7 Å². The second kappa shape index (κ2) is 9.72. The Morgan fingerprint density at radius 2 is 2.23 bits per heavy atom. The summed E-state index contributed by atoms with van der Waals surface area (Å²) in [5.74, 6) is 1.51. The second-order valence-corrected chi connectivity index (χ2v) is 7.30. The summed E-state index contributed by atoms with van der Waals surface area (Å²) in [7, 11) is 0. The SMILES string of the molecule is CCNC(=NCC1(C)COC1)NCC(C)Cc1cccs1.I. The molecule has 2 rings (SSSR count). The number of thiophene rings is 1. The molecule has 1 fully saturated rings. The van der Waals surface area contributed by atoms with Crippen LogP contribution >= 0.6 is 35.3 Å². The first kappa shape index (κ1) is 19.7. The van der Waals surface area contributed by atoms with Gasteiger partial charge in [0.1, 0.15) is 0 Å². The number of rotatable bonds is 7. The Balaban J connectivity index is 0.00000242. The van der Waals surface area contributed by atoms with Gasteiger partial charge < -0.3 is 15.4 Å². The summed E-state index contributed by atoms with van der Waals surface area (Å²) in [4.78, 5) is 6.14. The van der Waals surface area contributed by atoms with Gasteiger partial charge in [0, 0.05) is 23.4 Å². The third kappa shape index (κ3) is 6.42. The van der Waals surface area contributed by atoms with E-state index in [1.54, 1.807) is 0 Å². The van der Waals surface area contributed by atoms with E-state index in [4.69, 9.17) is 9.73 Å². The highest BCUT2D eigenvalue weighted by molar-refractivity contribution is 14.0. The maximum absolute atomic E-state index is 5.28. The van der Waals surface area contributed by atoms with Gasteiger partial charge in [0.2, 0.25) is 0 Å². The molecule has 1 aliphatic rings. The van der Waals surface area contributed by atoms with Crippen molar-refractivity contribution in [1.82, 2.24) is 10.6 Å². The highest BCUT2D eigenvalue weighted by Gasteiger charge is 2.33. The molecular formula is C16H28IN3OS. The number of halogens is 1. The van der Waals surface area contributed by atoms with Gasteiger partial charge >= 0.3 is 0 Å². The van der Waals surface area contributed by atoms with Crippen LogP contribution in [0.4, 0.5) is 0 Å². The number of hydrogen-bond donors (Lipinski definition) is 2. The van der Waals surface area contributed by atoms with Crippen LogP contribution in [0.15, 0.2) is 22.5 Å². The molecule has 126 valence electrons. The molecule has 1 aliphatic heterocycles. The highest BCUT2D eigenvalue weighted by Crippen LogP contribution is 2.26. The monoisotopic (exact) mass is 437 g/mol. The normalized spacial score (nSPS) is 18.0. The van der Waals surface area contributed by atoms with Crippen molar-refractivity contribution < 1.29 is 4.74 Å². The number of nitrogens with one attached hydrogen (secondary N) is 2. The zero-order chi connectivity index (χ0) is 15.1. The van der Waals surface area contributed by atoms with Crippen LogP contribution in [0, 0.1) is 11.3 Å². The van der Waals surface area contributed by atoms with Crippen molar-refractivity contribution >= 4 is 41.3 Å². The van der Waals surface area contributed by atoms with E-state index in [1.165, 1.54) is 4.88 Å². The van der Waals surface area contributed by atoms with Crippen molar-refractivity contribution in [2.75, 3.05) is 32.8 Å². The molecule has 2 N–H and O–H groups in total. The minimum atomic E-state index is 0. The van der Waals surface area contributed by atoms with E-state index in [1.807, 2.05) is 11.3 Å². The quantitative estimate of drug-likeness (QED) is 0.392. The molecule has 1 atom stereocenters. The lowest BCUT2D eigenvalue weighted by atomic mass is 9.89. The Kier molecular flexibility index (Phi) is 8.71. The van der Waals surface area contributed by atoms with Crippen molar-refractivity contribution in [3.05, 3.63) is 22.4 Å². The molecule has 0 bridgehead atoms. The van der Waals surface area contributed by atoms with E-state index in [0.717, 1.165) is 45.2 Å². The molecule has 0 radical (unpaired) electrons. The van der Waals surface area contributed by atoms with Crippen molar-refractivity contribution in [3.63, 3.8) is 0 Å². The minimum Gasteiger partial charge on any atom is -0.380 e. The van der Waals surface area contributed by atoms with Gasteiger partial charge in [0.25, 0.3) is 0 Å². The molecule has 1 aromatic rings. The van der Waals surface area contributed by atoms with Crippen LogP contribution in [-0.4, -0.2) is 38.8 Å². The lowest BCUT2D eigenvalue weighted by Gasteiger charge is -2.36. The Hall–Kier alpha value is -0.340. The smallest absolute Gasteiger partial charge is 0.191 e. The number of ether oxygens (including phenoxy) is 1. The summed E-state index contributed by atoms with van der Waals surface area (Å²) < 4.78 is 5.28. The first-order valence-corrected chi connectivity index (χ1v) is 8.61. The predicted octanol–water partition coefficient (Wildman–Crippen LogP) is 3.14. The second-order valence-electron chi connectivity index (χ2n) is 6.27. The van der Waals surface area contributed by atoms with Crippen molar-refractivity contribution in [1.29, 1.82) is 0 Å². The van der Waals surface area contributed by atoms with Crippen molar-refractivity contribution in [3.8, 4) is 0 Å². The van der Waals surface area contributed by atoms with E-state index in [9.17, 15) is 0 Å². The molecule has 1 saturated heterocycles.